The molecule has 0 radical (unpaired) electrons. The first-order chi connectivity index (χ1) is 8.78. The monoisotopic (exact) mass is 239 g/mol. The number of imidazole rings is 1. The molecule has 0 atom stereocenters. The predicted octanol–water partition coefficient (Wildman–Crippen LogP) is 2.59. The fraction of sp³-hybridized carbons (Fsp3) is 0.0714. The highest BCUT2D eigenvalue weighted by atomic mass is 16.5. The van der Waals surface area contributed by atoms with Gasteiger partial charge in [-0.1, -0.05) is 12.1 Å². The topological polar surface area (TPSA) is 52.5 Å². The summed E-state index contributed by atoms with van der Waals surface area (Å²) in [4.78, 5) is 4.38. The first kappa shape index (κ1) is 10.7. The molecule has 2 N–H and O–H groups in total. The molecule has 3 rings (SSSR count). The number of hydrogen-bond donors (Lipinski definition) is 1. The Morgan fingerprint density at radius 3 is 2.67 bits per heavy atom. The van der Waals surface area contributed by atoms with Crippen molar-refractivity contribution < 1.29 is 4.74 Å². The SMILES string of the molecule is COc1ccn2c(-c3ccc(N)cc3)cnc2c1. The third kappa shape index (κ3) is 1.68. The summed E-state index contributed by atoms with van der Waals surface area (Å²) >= 11 is 0. The van der Waals surface area contributed by atoms with Crippen molar-refractivity contribution in [1.29, 1.82) is 0 Å². The Hall–Kier alpha value is -2.49. The molecule has 0 unspecified atom stereocenters. The van der Waals surface area contributed by atoms with Crippen LogP contribution in [-0.2, 0) is 0 Å². The van der Waals surface area contributed by atoms with Crippen LogP contribution in [0.5, 0.6) is 5.75 Å². The number of pyridine rings is 1. The van der Waals surface area contributed by atoms with Gasteiger partial charge in [0.1, 0.15) is 11.4 Å². The summed E-state index contributed by atoms with van der Waals surface area (Å²) < 4.78 is 7.20. The summed E-state index contributed by atoms with van der Waals surface area (Å²) in [5.41, 5.74) is 9.43. The highest BCUT2D eigenvalue weighted by molar-refractivity contribution is 5.66. The zero-order chi connectivity index (χ0) is 12.5. The van der Waals surface area contributed by atoms with Crippen molar-refractivity contribution in [3.63, 3.8) is 0 Å². The van der Waals surface area contributed by atoms with Crippen molar-refractivity contribution >= 4 is 11.3 Å². The summed E-state index contributed by atoms with van der Waals surface area (Å²) in [6.45, 7) is 0. The van der Waals surface area contributed by atoms with Gasteiger partial charge in [0, 0.05) is 23.5 Å². The minimum Gasteiger partial charge on any atom is -0.497 e. The molecular formula is C14H13N3O. The minimum atomic E-state index is 0.759. The summed E-state index contributed by atoms with van der Waals surface area (Å²) in [6.07, 6.45) is 3.80. The third-order valence-electron chi connectivity index (χ3n) is 2.93. The Bertz CT molecular complexity index is 686. The van der Waals surface area contributed by atoms with Crippen molar-refractivity contribution in [3.8, 4) is 17.0 Å². The number of benzene rings is 1. The van der Waals surface area contributed by atoms with Gasteiger partial charge in [-0.05, 0) is 18.2 Å². The molecule has 0 bridgehead atoms. The van der Waals surface area contributed by atoms with Gasteiger partial charge in [0.15, 0.2) is 0 Å². The van der Waals surface area contributed by atoms with Gasteiger partial charge in [-0.3, -0.25) is 4.40 Å². The molecule has 2 heterocycles. The van der Waals surface area contributed by atoms with E-state index in [1.54, 1.807) is 7.11 Å². The Balaban J connectivity index is 2.15. The van der Waals surface area contributed by atoms with Crippen molar-refractivity contribution in [1.82, 2.24) is 9.38 Å². The van der Waals surface area contributed by atoms with Crippen LogP contribution in [0.2, 0.25) is 0 Å². The fourth-order valence-electron chi connectivity index (χ4n) is 1.96. The Morgan fingerprint density at radius 1 is 1.17 bits per heavy atom. The zero-order valence-corrected chi connectivity index (χ0v) is 10.00. The van der Waals surface area contributed by atoms with E-state index in [1.807, 2.05) is 53.2 Å². The second-order valence-corrected chi connectivity index (χ2v) is 4.06. The average molecular weight is 239 g/mol. The number of fused-ring (bicyclic) bond motifs is 1. The lowest BCUT2D eigenvalue weighted by Gasteiger charge is -2.04. The highest BCUT2D eigenvalue weighted by Gasteiger charge is 2.06. The second-order valence-electron chi connectivity index (χ2n) is 4.06. The first-order valence-electron chi connectivity index (χ1n) is 5.65. The number of ether oxygens (including phenoxy) is 1. The van der Waals surface area contributed by atoms with Crippen LogP contribution in [0.15, 0.2) is 48.8 Å². The van der Waals surface area contributed by atoms with E-state index in [2.05, 4.69) is 4.98 Å². The van der Waals surface area contributed by atoms with Gasteiger partial charge >= 0.3 is 0 Å². The zero-order valence-electron chi connectivity index (χ0n) is 10.00. The van der Waals surface area contributed by atoms with Crippen LogP contribution in [0.25, 0.3) is 16.9 Å². The largest absolute Gasteiger partial charge is 0.497 e. The van der Waals surface area contributed by atoms with Gasteiger partial charge < -0.3 is 10.5 Å². The lowest BCUT2D eigenvalue weighted by atomic mass is 10.1. The molecule has 2 aromatic heterocycles. The Labute approximate surface area is 105 Å². The van der Waals surface area contributed by atoms with Crippen LogP contribution < -0.4 is 10.5 Å². The summed E-state index contributed by atoms with van der Waals surface area (Å²) in [7, 11) is 1.65. The lowest BCUT2D eigenvalue weighted by Crippen LogP contribution is -1.90. The fourth-order valence-corrected chi connectivity index (χ4v) is 1.96. The maximum absolute atomic E-state index is 5.69. The van der Waals surface area contributed by atoms with Crippen molar-refractivity contribution in [3.05, 3.63) is 48.8 Å². The number of rotatable bonds is 2. The van der Waals surface area contributed by atoms with Gasteiger partial charge in [0.25, 0.3) is 0 Å². The summed E-state index contributed by atoms with van der Waals surface area (Å²) in [5.74, 6) is 0.803. The molecule has 90 valence electrons. The van der Waals surface area contributed by atoms with Gasteiger partial charge in [0.05, 0.1) is 19.0 Å². The second kappa shape index (κ2) is 4.07. The van der Waals surface area contributed by atoms with Crippen molar-refractivity contribution in [2.45, 2.75) is 0 Å². The average Bonchev–Trinajstić information content (AvgIpc) is 2.82. The molecule has 0 fully saturated rings. The number of nitrogens with two attached hydrogens (primary N) is 1. The van der Waals surface area contributed by atoms with Gasteiger partial charge in [-0.2, -0.15) is 0 Å². The Morgan fingerprint density at radius 2 is 1.94 bits per heavy atom. The molecule has 3 aromatic rings. The molecule has 18 heavy (non-hydrogen) atoms. The molecule has 0 saturated carbocycles. The number of hydrogen-bond acceptors (Lipinski definition) is 3. The van der Waals surface area contributed by atoms with E-state index in [0.29, 0.717) is 0 Å². The van der Waals surface area contributed by atoms with E-state index in [9.17, 15) is 0 Å². The van der Waals surface area contributed by atoms with Crippen LogP contribution in [0, 0.1) is 0 Å². The van der Waals surface area contributed by atoms with Crippen LogP contribution in [-0.4, -0.2) is 16.5 Å². The number of nitrogen functional groups attached to an aromatic ring is 1. The molecule has 0 aliphatic rings. The molecule has 4 nitrogen and oxygen atoms in total. The Kier molecular flexibility index (Phi) is 2.41. The molecule has 1 aromatic carbocycles. The van der Waals surface area contributed by atoms with E-state index in [-0.39, 0.29) is 0 Å². The normalized spacial score (nSPS) is 10.7. The van der Waals surface area contributed by atoms with Gasteiger partial charge in [-0.15, -0.1) is 0 Å². The maximum Gasteiger partial charge on any atom is 0.140 e. The van der Waals surface area contributed by atoms with Crippen LogP contribution in [0.4, 0.5) is 5.69 Å². The molecule has 0 aliphatic carbocycles. The highest BCUT2D eigenvalue weighted by Crippen LogP contribution is 2.23. The number of methoxy groups -OCH3 is 1. The molecule has 0 amide bonds. The van der Waals surface area contributed by atoms with E-state index < -0.39 is 0 Å². The van der Waals surface area contributed by atoms with Crippen molar-refractivity contribution in [2.75, 3.05) is 12.8 Å². The summed E-state index contributed by atoms with van der Waals surface area (Å²) in [6, 6.07) is 11.6. The van der Waals surface area contributed by atoms with Gasteiger partial charge in [0.2, 0.25) is 0 Å². The molecular weight excluding hydrogens is 226 g/mol. The van der Waals surface area contributed by atoms with E-state index in [0.717, 1.165) is 28.3 Å². The molecule has 0 saturated heterocycles. The lowest BCUT2D eigenvalue weighted by molar-refractivity contribution is 0.414. The molecule has 0 aliphatic heterocycles. The predicted molar refractivity (Wildman–Crippen MR) is 71.6 cm³/mol. The quantitative estimate of drug-likeness (QED) is 0.699. The molecule has 4 heteroatoms. The van der Waals surface area contributed by atoms with Crippen LogP contribution in [0.3, 0.4) is 0 Å². The smallest absolute Gasteiger partial charge is 0.140 e. The van der Waals surface area contributed by atoms with Gasteiger partial charge in [-0.25, -0.2) is 4.98 Å². The summed E-state index contributed by atoms with van der Waals surface area (Å²) in [5, 5.41) is 0. The maximum atomic E-state index is 5.69. The van der Waals surface area contributed by atoms with Crippen molar-refractivity contribution in [2.24, 2.45) is 0 Å². The van der Waals surface area contributed by atoms with Crippen LogP contribution in [0.1, 0.15) is 0 Å². The minimum absolute atomic E-state index is 0.759. The number of aromatic nitrogens is 2. The van der Waals surface area contributed by atoms with E-state index in [1.165, 1.54) is 0 Å². The standard InChI is InChI=1S/C14H13N3O/c1-18-12-6-7-17-13(9-16-14(17)8-12)10-2-4-11(15)5-3-10/h2-9H,15H2,1H3. The van der Waals surface area contributed by atoms with E-state index in [4.69, 9.17) is 10.5 Å². The first-order valence-corrected chi connectivity index (χ1v) is 5.65. The van der Waals surface area contributed by atoms with E-state index >= 15 is 0 Å². The molecule has 0 spiro atoms. The third-order valence-corrected chi connectivity index (χ3v) is 2.93. The number of anilines is 1. The van der Waals surface area contributed by atoms with Crippen LogP contribution >= 0.6 is 0 Å². The number of nitrogens with zero attached hydrogens (tertiary/aromatic N) is 2.